The number of carbonyl (C=O) groups excluding carboxylic acids is 1. The quantitative estimate of drug-likeness (QED) is 0.916. The van der Waals surface area contributed by atoms with Crippen molar-refractivity contribution < 1.29 is 9.21 Å². The molecule has 1 aromatic heterocycles. The molecule has 4 heteroatoms. The standard InChI is InChI=1S/C15H18N2O2/c1-11(12-8-9-19-10-12)16-14-7-5-4-6-13(14)15(18)17(2)3/h4-11,16H,1-3H3. The van der Waals surface area contributed by atoms with Gasteiger partial charge >= 0.3 is 0 Å². The Morgan fingerprint density at radius 3 is 2.63 bits per heavy atom. The van der Waals surface area contributed by atoms with Crippen LogP contribution in [0, 0.1) is 0 Å². The number of carbonyl (C=O) groups is 1. The molecule has 0 saturated carbocycles. The molecule has 1 heterocycles. The van der Waals surface area contributed by atoms with Crippen LogP contribution in [0.3, 0.4) is 0 Å². The third-order valence-corrected chi connectivity index (χ3v) is 2.98. The van der Waals surface area contributed by atoms with Gasteiger partial charge in [0.25, 0.3) is 5.91 Å². The highest BCUT2D eigenvalue weighted by Gasteiger charge is 2.15. The first-order chi connectivity index (χ1) is 9.09. The molecule has 19 heavy (non-hydrogen) atoms. The maximum Gasteiger partial charge on any atom is 0.255 e. The summed E-state index contributed by atoms with van der Waals surface area (Å²) >= 11 is 0. The number of para-hydroxylation sites is 1. The second kappa shape index (κ2) is 5.61. The molecule has 4 nitrogen and oxygen atoms in total. The minimum absolute atomic E-state index is 0.0116. The van der Waals surface area contributed by atoms with Crippen LogP contribution in [-0.2, 0) is 0 Å². The number of hydrogen-bond donors (Lipinski definition) is 1. The highest BCUT2D eigenvalue weighted by molar-refractivity contribution is 5.99. The number of anilines is 1. The molecule has 1 aromatic carbocycles. The van der Waals surface area contributed by atoms with E-state index in [4.69, 9.17) is 4.42 Å². The summed E-state index contributed by atoms with van der Waals surface area (Å²) in [6.07, 6.45) is 3.35. The SMILES string of the molecule is CC(Nc1ccccc1C(=O)N(C)C)c1ccoc1. The van der Waals surface area contributed by atoms with Gasteiger partial charge in [-0.15, -0.1) is 0 Å². The van der Waals surface area contributed by atoms with Gasteiger partial charge in [0.2, 0.25) is 0 Å². The van der Waals surface area contributed by atoms with Gasteiger partial charge in [-0.25, -0.2) is 0 Å². The van der Waals surface area contributed by atoms with Crippen LogP contribution in [-0.4, -0.2) is 24.9 Å². The average molecular weight is 258 g/mol. The first-order valence-corrected chi connectivity index (χ1v) is 6.19. The Balaban J connectivity index is 2.23. The van der Waals surface area contributed by atoms with Crippen LogP contribution in [0.25, 0.3) is 0 Å². The Morgan fingerprint density at radius 1 is 1.26 bits per heavy atom. The number of furan rings is 1. The molecular formula is C15H18N2O2. The molecule has 2 aromatic rings. The molecule has 1 amide bonds. The van der Waals surface area contributed by atoms with Gasteiger partial charge < -0.3 is 14.6 Å². The zero-order valence-electron chi connectivity index (χ0n) is 11.4. The van der Waals surface area contributed by atoms with Crippen molar-refractivity contribution in [1.29, 1.82) is 0 Å². The van der Waals surface area contributed by atoms with Gasteiger partial charge in [0, 0.05) is 25.3 Å². The fourth-order valence-electron chi connectivity index (χ4n) is 1.87. The third kappa shape index (κ3) is 2.96. The second-order valence-corrected chi connectivity index (χ2v) is 4.67. The molecule has 0 aliphatic rings. The minimum Gasteiger partial charge on any atom is -0.472 e. The van der Waals surface area contributed by atoms with Crippen molar-refractivity contribution in [2.24, 2.45) is 0 Å². The Hall–Kier alpha value is -2.23. The molecule has 0 spiro atoms. The van der Waals surface area contributed by atoms with E-state index in [1.54, 1.807) is 31.5 Å². The lowest BCUT2D eigenvalue weighted by Gasteiger charge is -2.18. The van der Waals surface area contributed by atoms with Crippen molar-refractivity contribution in [3.63, 3.8) is 0 Å². The summed E-state index contributed by atoms with van der Waals surface area (Å²) in [7, 11) is 3.50. The van der Waals surface area contributed by atoms with E-state index in [9.17, 15) is 4.79 Å². The summed E-state index contributed by atoms with van der Waals surface area (Å²) in [5.74, 6) is -0.0116. The lowest BCUT2D eigenvalue weighted by molar-refractivity contribution is 0.0828. The van der Waals surface area contributed by atoms with E-state index in [2.05, 4.69) is 5.32 Å². The monoisotopic (exact) mass is 258 g/mol. The lowest BCUT2D eigenvalue weighted by Crippen LogP contribution is -2.23. The van der Waals surface area contributed by atoms with Crippen LogP contribution in [0.2, 0.25) is 0 Å². The highest BCUT2D eigenvalue weighted by Crippen LogP contribution is 2.23. The number of nitrogens with one attached hydrogen (secondary N) is 1. The summed E-state index contributed by atoms with van der Waals surface area (Å²) < 4.78 is 5.07. The van der Waals surface area contributed by atoms with Crippen LogP contribution in [0.15, 0.2) is 47.3 Å². The molecule has 0 aliphatic heterocycles. The van der Waals surface area contributed by atoms with Crippen LogP contribution in [0.5, 0.6) is 0 Å². The summed E-state index contributed by atoms with van der Waals surface area (Å²) in [6.45, 7) is 2.03. The van der Waals surface area contributed by atoms with E-state index in [1.165, 1.54) is 0 Å². The number of benzene rings is 1. The van der Waals surface area contributed by atoms with Crippen molar-refractivity contribution in [3.05, 3.63) is 54.0 Å². The van der Waals surface area contributed by atoms with Crippen LogP contribution >= 0.6 is 0 Å². The predicted octanol–water partition coefficient (Wildman–Crippen LogP) is 3.15. The van der Waals surface area contributed by atoms with Gasteiger partial charge in [0.05, 0.1) is 24.1 Å². The third-order valence-electron chi connectivity index (χ3n) is 2.98. The van der Waals surface area contributed by atoms with Crippen LogP contribution in [0.1, 0.15) is 28.9 Å². The molecule has 2 rings (SSSR count). The molecule has 100 valence electrons. The Morgan fingerprint density at radius 2 is 2.00 bits per heavy atom. The topological polar surface area (TPSA) is 45.5 Å². The molecule has 0 saturated heterocycles. The smallest absolute Gasteiger partial charge is 0.255 e. The number of amides is 1. The summed E-state index contributed by atoms with van der Waals surface area (Å²) in [5, 5.41) is 3.34. The Bertz CT molecular complexity index is 547. The van der Waals surface area contributed by atoms with Crippen molar-refractivity contribution in [1.82, 2.24) is 4.90 Å². The van der Waals surface area contributed by atoms with Gasteiger partial charge in [-0.1, -0.05) is 12.1 Å². The van der Waals surface area contributed by atoms with E-state index >= 15 is 0 Å². The first-order valence-electron chi connectivity index (χ1n) is 6.19. The van der Waals surface area contributed by atoms with Gasteiger partial charge in [0.15, 0.2) is 0 Å². The molecule has 1 unspecified atom stereocenters. The number of hydrogen-bond acceptors (Lipinski definition) is 3. The van der Waals surface area contributed by atoms with E-state index in [0.29, 0.717) is 5.56 Å². The number of nitrogens with zero attached hydrogens (tertiary/aromatic N) is 1. The molecule has 0 fully saturated rings. The van der Waals surface area contributed by atoms with E-state index < -0.39 is 0 Å². The fourth-order valence-corrected chi connectivity index (χ4v) is 1.87. The Labute approximate surface area is 113 Å². The predicted molar refractivity (Wildman–Crippen MR) is 75.2 cm³/mol. The summed E-state index contributed by atoms with van der Waals surface area (Å²) in [6, 6.07) is 9.50. The molecular weight excluding hydrogens is 240 g/mol. The lowest BCUT2D eigenvalue weighted by atomic mass is 10.1. The van der Waals surface area contributed by atoms with E-state index in [1.807, 2.05) is 37.3 Å². The van der Waals surface area contributed by atoms with Gasteiger partial charge in [0.1, 0.15) is 0 Å². The van der Waals surface area contributed by atoms with E-state index in [0.717, 1.165) is 11.3 Å². The maximum absolute atomic E-state index is 12.1. The van der Waals surface area contributed by atoms with Crippen LogP contribution in [0.4, 0.5) is 5.69 Å². The van der Waals surface area contributed by atoms with Crippen molar-refractivity contribution >= 4 is 11.6 Å². The largest absolute Gasteiger partial charge is 0.472 e. The average Bonchev–Trinajstić information content (AvgIpc) is 2.92. The van der Waals surface area contributed by atoms with Crippen molar-refractivity contribution in [2.75, 3.05) is 19.4 Å². The fraction of sp³-hybridized carbons (Fsp3) is 0.267. The normalized spacial score (nSPS) is 11.9. The zero-order chi connectivity index (χ0) is 13.8. The second-order valence-electron chi connectivity index (χ2n) is 4.67. The molecule has 0 bridgehead atoms. The summed E-state index contributed by atoms with van der Waals surface area (Å²) in [5.41, 5.74) is 2.55. The van der Waals surface area contributed by atoms with Crippen molar-refractivity contribution in [2.45, 2.75) is 13.0 Å². The van der Waals surface area contributed by atoms with Crippen molar-refractivity contribution in [3.8, 4) is 0 Å². The van der Waals surface area contributed by atoms with E-state index in [-0.39, 0.29) is 11.9 Å². The maximum atomic E-state index is 12.1. The Kier molecular flexibility index (Phi) is 3.90. The molecule has 0 radical (unpaired) electrons. The molecule has 1 N–H and O–H groups in total. The van der Waals surface area contributed by atoms with Gasteiger partial charge in [-0.3, -0.25) is 4.79 Å². The van der Waals surface area contributed by atoms with Crippen LogP contribution < -0.4 is 5.32 Å². The highest BCUT2D eigenvalue weighted by atomic mass is 16.3. The first kappa shape index (κ1) is 13.2. The summed E-state index contributed by atoms with van der Waals surface area (Å²) in [4.78, 5) is 13.7. The zero-order valence-corrected chi connectivity index (χ0v) is 11.4. The molecule has 1 atom stereocenters. The van der Waals surface area contributed by atoms with Gasteiger partial charge in [-0.2, -0.15) is 0 Å². The number of rotatable bonds is 4. The van der Waals surface area contributed by atoms with Gasteiger partial charge in [-0.05, 0) is 25.1 Å². The molecule has 0 aliphatic carbocycles. The minimum atomic E-state index is -0.0116.